The Kier molecular flexibility index (Phi) is 4.78. The second-order valence-electron chi connectivity index (χ2n) is 7.55. The first-order chi connectivity index (χ1) is 10.4. The van der Waals surface area contributed by atoms with Gasteiger partial charge in [0.2, 0.25) is 15.9 Å². The quantitative estimate of drug-likeness (QED) is 0.833. The third kappa shape index (κ3) is 3.82. The standard InChI is InChI=1S/C16H28N2O3S/c1-22(20,21)18-6-4-12(5-7-18)11-17-16(19)10-15-9-13-2-3-14(15)8-13/h12-15H,2-11H2,1H3,(H,17,19)/t13-,14-,15-/m0/s1. The van der Waals surface area contributed by atoms with Crippen LogP contribution < -0.4 is 5.32 Å². The number of fused-ring (bicyclic) bond motifs is 2. The van der Waals surface area contributed by atoms with E-state index in [0.717, 1.165) is 24.7 Å². The highest BCUT2D eigenvalue weighted by atomic mass is 32.2. The van der Waals surface area contributed by atoms with Crippen molar-refractivity contribution in [2.24, 2.45) is 23.7 Å². The fourth-order valence-corrected chi connectivity index (χ4v) is 5.51. The first-order valence-electron chi connectivity index (χ1n) is 8.63. The minimum absolute atomic E-state index is 0.197. The van der Waals surface area contributed by atoms with Gasteiger partial charge in [-0.1, -0.05) is 6.42 Å². The molecule has 0 aromatic carbocycles. The van der Waals surface area contributed by atoms with E-state index in [-0.39, 0.29) is 5.91 Å². The van der Waals surface area contributed by atoms with Gasteiger partial charge in [0.05, 0.1) is 6.26 Å². The molecule has 2 bridgehead atoms. The van der Waals surface area contributed by atoms with Gasteiger partial charge in [0.25, 0.3) is 0 Å². The number of nitrogens with zero attached hydrogens (tertiary/aromatic N) is 1. The van der Waals surface area contributed by atoms with E-state index in [2.05, 4.69) is 5.32 Å². The van der Waals surface area contributed by atoms with Gasteiger partial charge < -0.3 is 5.32 Å². The third-order valence-electron chi connectivity index (χ3n) is 5.96. The molecule has 1 aliphatic heterocycles. The van der Waals surface area contributed by atoms with Gasteiger partial charge in [-0.3, -0.25) is 4.79 Å². The molecule has 1 heterocycles. The average Bonchev–Trinajstić information content (AvgIpc) is 3.07. The SMILES string of the molecule is CS(=O)(=O)N1CCC(CNC(=O)C[C@@H]2C[C@H]3CC[C@H]2C3)CC1. The van der Waals surface area contributed by atoms with Gasteiger partial charge in [-0.15, -0.1) is 0 Å². The third-order valence-corrected chi connectivity index (χ3v) is 7.27. The molecular formula is C16H28N2O3S. The van der Waals surface area contributed by atoms with Gasteiger partial charge in [0.15, 0.2) is 0 Å². The van der Waals surface area contributed by atoms with Crippen molar-refractivity contribution >= 4 is 15.9 Å². The Bertz CT molecular complexity index is 511. The Morgan fingerprint density at radius 2 is 1.86 bits per heavy atom. The normalized spacial score (nSPS) is 33.2. The van der Waals surface area contributed by atoms with E-state index in [1.54, 1.807) is 4.31 Å². The van der Waals surface area contributed by atoms with Crippen LogP contribution in [0, 0.1) is 23.7 Å². The summed E-state index contributed by atoms with van der Waals surface area (Å²) in [6.07, 6.45) is 8.97. The lowest BCUT2D eigenvalue weighted by Crippen LogP contribution is -2.41. The lowest BCUT2D eigenvalue weighted by atomic mass is 9.86. The lowest BCUT2D eigenvalue weighted by molar-refractivity contribution is -0.122. The zero-order chi connectivity index (χ0) is 15.7. The van der Waals surface area contributed by atoms with Crippen LogP contribution in [0.1, 0.15) is 44.9 Å². The first kappa shape index (κ1) is 16.2. The smallest absolute Gasteiger partial charge is 0.220 e. The highest BCUT2D eigenvalue weighted by molar-refractivity contribution is 7.88. The van der Waals surface area contributed by atoms with Gasteiger partial charge in [-0.05, 0) is 55.8 Å². The van der Waals surface area contributed by atoms with Crippen molar-refractivity contribution in [1.29, 1.82) is 0 Å². The second kappa shape index (κ2) is 6.48. The van der Waals surface area contributed by atoms with Gasteiger partial charge >= 0.3 is 0 Å². The van der Waals surface area contributed by atoms with E-state index in [9.17, 15) is 13.2 Å². The molecule has 2 aliphatic carbocycles. The topological polar surface area (TPSA) is 66.5 Å². The van der Waals surface area contributed by atoms with Gasteiger partial charge in [-0.2, -0.15) is 0 Å². The number of piperidine rings is 1. The van der Waals surface area contributed by atoms with Crippen LogP contribution in [0.5, 0.6) is 0 Å². The average molecular weight is 328 g/mol. The van der Waals surface area contributed by atoms with Crippen LogP contribution in [0.3, 0.4) is 0 Å². The molecule has 0 unspecified atom stereocenters. The summed E-state index contributed by atoms with van der Waals surface area (Å²) < 4.78 is 24.5. The van der Waals surface area contributed by atoms with Crippen molar-refractivity contribution in [3.63, 3.8) is 0 Å². The monoisotopic (exact) mass is 328 g/mol. The number of hydrogen-bond acceptors (Lipinski definition) is 3. The molecule has 6 heteroatoms. The highest BCUT2D eigenvalue weighted by Gasteiger charge is 2.40. The summed E-state index contributed by atoms with van der Waals surface area (Å²) in [7, 11) is -3.06. The van der Waals surface area contributed by atoms with Crippen LogP contribution >= 0.6 is 0 Å². The molecule has 3 fully saturated rings. The maximum absolute atomic E-state index is 12.1. The molecule has 0 spiro atoms. The van der Waals surface area contributed by atoms with E-state index in [1.165, 1.54) is 31.9 Å². The molecule has 22 heavy (non-hydrogen) atoms. The van der Waals surface area contributed by atoms with Gasteiger partial charge in [0.1, 0.15) is 0 Å². The fraction of sp³-hybridized carbons (Fsp3) is 0.938. The van der Waals surface area contributed by atoms with Crippen LogP contribution in [0.2, 0.25) is 0 Å². The van der Waals surface area contributed by atoms with Crippen LogP contribution in [-0.4, -0.2) is 44.5 Å². The number of amides is 1. The largest absolute Gasteiger partial charge is 0.356 e. The maximum Gasteiger partial charge on any atom is 0.220 e. The molecule has 1 N–H and O–H groups in total. The Hall–Kier alpha value is -0.620. The van der Waals surface area contributed by atoms with Crippen molar-refractivity contribution in [3.05, 3.63) is 0 Å². The first-order valence-corrected chi connectivity index (χ1v) is 10.5. The van der Waals surface area contributed by atoms with Crippen LogP contribution in [0.25, 0.3) is 0 Å². The number of carbonyl (C=O) groups is 1. The molecule has 1 amide bonds. The molecule has 0 radical (unpaired) electrons. The lowest BCUT2D eigenvalue weighted by Gasteiger charge is -2.30. The summed E-state index contributed by atoms with van der Waals surface area (Å²) in [6.45, 7) is 1.88. The zero-order valence-corrected chi connectivity index (χ0v) is 14.3. The van der Waals surface area contributed by atoms with E-state index >= 15 is 0 Å². The molecule has 5 nitrogen and oxygen atoms in total. The van der Waals surface area contributed by atoms with Crippen LogP contribution in [0.4, 0.5) is 0 Å². The van der Waals surface area contributed by atoms with Gasteiger partial charge in [0, 0.05) is 26.1 Å². The summed E-state index contributed by atoms with van der Waals surface area (Å²) in [5.41, 5.74) is 0. The van der Waals surface area contributed by atoms with E-state index in [1.807, 2.05) is 0 Å². The summed E-state index contributed by atoms with van der Waals surface area (Å²) in [6, 6.07) is 0. The van der Waals surface area contributed by atoms with Crippen molar-refractivity contribution in [3.8, 4) is 0 Å². The molecule has 3 rings (SSSR count). The zero-order valence-electron chi connectivity index (χ0n) is 13.5. The highest BCUT2D eigenvalue weighted by Crippen LogP contribution is 2.49. The molecular weight excluding hydrogens is 300 g/mol. The Morgan fingerprint density at radius 3 is 2.41 bits per heavy atom. The number of hydrogen-bond donors (Lipinski definition) is 1. The second-order valence-corrected chi connectivity index (χ2v) is 9.53. The Morgan fingerprint density at radius 1 is 1.14 bits per heavy atom. The van der Waals surface area contributed by atoms with Crippen molar-refractivity contribution in [1.82, 2.24) is 9.62 Å². The van der Waals surface area contributed by atoms with E-state index < -0.39 is 10.0 Å². The molecule has 3 atom stereocenters. The van der Waals surface area contributed by atoms with Crippen molar-refractivity contribution in [2.45, 2.75) is 44.9 Å². The number of carbonyl (C=O) groups excluding carboxylic acids is 1. The van der Waals surface area contributed by atoms with Gasteiger partial charge in [-0.25, -0.2) is 12.7 Å². The predicted molar refractivity (Wildman–Crippen MR) is 85.7 cm³/mol. The minimum atomic E-state index is -3.06. The molecule has 0 aromatic rings. The molecule has 2 saturated carbocycles. The summed E-state index contributed by atoms with van der Waals surface area (Å²) in [4.78, 5) is 12.1. The maximum atomic E-state index is 12.1. The van der Waals surface area contributed by atoms with E-state index in [0.29, 0.717) is 37.9 Å². The molecule has 126 valence electrons. The molecule has 0 aromatic heterocycles. The number of rotatable bonds is 5. The minimum Gasteiger partial charge on any atom is -0.356 e. The van der Waals surface area contributed by atoms with Crippen LogP contribution in [0.15, 0.2) is 0 Å². The predicted octanol–water partition coefficient (Wildman–Crippen LogP) is 1.60. The summed E-state index contributed by atoms with van der Waals surface area (Å²) in [5.74, 6) is 2.92. The molecule has 1 saturated heterocycles. The van der Waals surface area contributed by atoms with E-state index in [4.69, 9.17) is 0 Å². The molecule has 3 aliphatic rings. The summed E-state index contributed by atoms with van der Waals surface area (Å²) in [5, 5.41) is 3.09. The number of nitrogens with one attached hydrogen (secondary N) is 1. The van der Waals surface area contributed by atoms with Crippen LogP contribution in [-0.2, 0) is 14.8 Å². The van der Waals surface area contributed by atoms with Crippen molar-refractivity contribution < 1.29 is 13.2 Å². The Balaban J connectivity index is 1.36. The number of sulfonamides is 1. The Labute approximate surface area is 133 Å². The van der Waals surface area contributed by atoms with Crippen molar-refractivity contribution in [2.75, 3.05) is 25.9 Å². The summed E-state index contributed by atoms with van der Waals surface area (Å²) >= 11 is 0. The fourth-order valence-electron chi connectivity index (χ4n) is 4.64.